The van der Waals surface area contributed by atoms with Gasteiger partial charge in [-0.05, 0) is 37.3 Å². The van der Waals surface area contributed by atoms with Crippen molar-refractivity contribution in [1.82, 2.24) is 0 Å². The molecule has 0 spiro atoms. The van der Waals surface area contributed by atoms with E-state index in [1.807, 2.05) is 0 Å². The molecule has 0 saturated heterocycles. The van der Waals surface area contributed by atoms with Crippen molar-refractivity contribution in [3.05, 3.63) is 35.4 Å². The number of carbonyl (C=O) groups is 1. The van der Waals surface area contributed by atoms with Gasteiger partial charge in [0.25, 0.3) is 0 Å². The number of Topliss-reactive ketones (excluding diaryl/α,β-unsaturated/α-hetero) is 1. The van der Waals surface area contributed by atoms with Crippen LogP contribution in [0.25, 0.3) is 0 Å². The number of rotatable bonds is 4. The van der Waals surface area contributed by atoms with Crippen molar-refractivity contribution in [3.8, 4) is 0 Å². The summed E-state index contributed by atoms with van der Waals surface area (Å²) in [6.45, 7) is 0. The third-order valence-corrected chi connectivity index (χ3v) is 3.93. The van der Waals surface area contributed by atoms with Gasteiger partial charge in [-0.1, -0.05) is 18.2 Å². The number of ether oxygens (including phenoxy) is 1. The summed E-state index contributed by atoms with van der Waals surface area (Å²) in [5.41, 5.74) is -1.14. The fourth-order valence-electron chi connectivity index (χ4n) is 2.75. The van der Waals surface area contributed by atoms with E-state index in [4.69, 9.17) is 4.74 Å². The second kappa shape index (κ2) is 5.56. The van der Waals surface area contributed by atoms with E-state index in [1.54, 1.807) is 6.07 Å². The molecule has 0 unspecified atom stereocenters. The van der Waals surface area contributed by atoms with E-state index >= 15 is 0 Å². The van der Waals surface area contributed by atoms with Crippen LogP contribution in [0.5, 0.6) is 0 Å². The first-order valence-electron chi connectivity index (χ1n) is 6.62. The zero-order valence-electron chi connectivity index (χ0n) is 11.3. The average molecular weight is 286 g/mol. The van der Waals surface area contributed by atoms with Gasteiger partial charge in [0, 0.05) is 13.5 Å². The summed E-state index contributed by atoms with van der Waals surface area (Å²) in [6.07, 6.45) is -1.25. The lowest BCUT2D eigenvalue weighted by molar-refractivity contribution is -0.140. The van der Waals surface area contributed by atoms with E-state index in [0.717, 1.165) is 25.0 Å². The summed E-state index contributed by atoms with van der Waals surface area (Å²) < 4.78 is 43.3. The molecule has 1 aromatic rings. The fraction of sp³-hybridized carbons (Fsp3) is 0.533. The van der Waals surface area contributed by atoms with E-state index in [1.165, 1.54) is 13.2 Å². The molecule has 1 saturated carbocycles. The van der Waals surface area contributed by atoms with Crippen LogP contribution in [0.2, 0.25) is 0 Å². The van der Waals surface area contributed by atoms with Gasteiger partial charge in [0.2, 0.25) is 0 Å². The van der Waals surface area contributed by atoms with Gasteiger partial charge in [0.1, 0.15) is 5.60 Å². The maximum atomic E-state index is 12.6. The molecule has 0 bridgehead atoms. The Bertz CT molecular complexity index is 488. The molecule has 2 rings (SSSR count). The number of carbonyl (C=O) groups excluding carboxylic acids is 1. The lowest BCUT2D eigenvalue weighted by Crippen LogP contribution is -2.38. The van der Waals surface area contributed by atoms with E-state index in [-0.39, 0.29) is 12.2 Å². The fourth-order valence-corrected chi connectivity index (χ4v) is 2.75. The molecule has 20 heavy (non-hydrogen) atoms. The number of hydrogen-bond donors (Lipinski definition) is 0. The molecule has 0 atom stereocenters. The first kappa shape index (κ1) is 15.0. The highest BCUT2D eigenvalue weighted by Gasteiger charge is 2.40. The van der Waals surface area contributed by atoms with Crippen LogP contribution in [0.1, 0.15) is 36.8 Å². The SMILES string of the molecule is COC1(C(=O)Cc2cccc(C(F)(F)F)c2)CCCC1. The topological polar surface area (TPSA) is 26.3 Å². The highest BCUT2D eigenvalue weighted by Crippen LogP contribution is 2.35. The van der Waals surface area contributed by atoms with Crippen LogP contribution in [0.15, 0.2) is 24.3 Å². The highest BCUT2D eigenvalue weighted by atomic mass is 19.4. The number of methoxy groups -OCH3 is 1. The van der Waals surface area contributed by atoms with Crippen molar-refractivity contribution in [1.29, 1.82) is 0 Å². The smallest absolute Gasteiger partial charge is 0.370 e. The second-order valence-corrected chi connectivity index (χ2v) is 5.20. The standard InChI is InChI=1S/C15H17F3O2/c1-20-14(7-2-3-8-14)13(19)10-11-5-4-6-12(9-11)15(16,17)18/h4-6,9H,2-3,7-8,10H2,1H3. The van der Waals surface area contributed by atoms with Gasteiger partial charge in [-0.15, -0.1) is 0 Å². The third kappa shape index (κ3) is 3.03. The Morgan fingerprint density at radius 3 is 2.50 bits per heavy atom. The largest absolute Gasteiger partial charge is 0.416 e. The summed E-state index contributed by atoms with van der Waals surface area (Å²) >= 11 is 0. The number of halogens is 3. The normalized spacial score (nSPS) is 18.2. The molecular formula is C15H17F3O2. The van der Waals surface area contributed by atoms with Gasteiger partial charge in [-0.3, -0.25) is 4.79 Å². The summed E-state index contributed by atoms with van der Waals surface area (Å²) in [4.78, 5) is 12.3. The van der Waals surface area contributed by atoms with Gasteiger partial charge in [-0.2, -0.15) is 13.2 Å². The first-order valence-corrected chi connectivity index (χ1v) is 6.62. The molecule has 0 aliphatic heterocycles. The number of alkyl halides is 3. The average Bonchev–Trinajstić information content (AvgIpc) is 2.88. The van der Waals surface area contributed by atoms with E-state index in [9.17, 15) is 18.0 Å². The van der Waals surface area contributed by atoms with Crippen LogP contribution in [0.3, 0.4) is 0 Å². The quantitative estimate of drug-likeness (QED) is 0.842. The molecule has 5 heteroatoms. The Hall–Kier alpha value is -1.36. The molecule has 1 aliphatic carbocycles. The minimum absolute atomic E-state index is 0.0161. The van der Waals surface area contributed by atoms with Crippen LogP contribution in [0.4, 0.5) is 13.2 Å². The summed E-state index contributed by atoms with van der Waals surface area (Å²) in [7, 11) is 1.50. The Morgan fingerprint density at radius 1 is 1.30 bits per heavy atom. The molecule has 0 radical (unpaired) electrons. The molecule has 1 aromatic carbocycles. The van der Waals surface area contributed by atoms with E-state index in [0.29, 0.717) is 18.4 Å². The molecule has 1 aliphatic rings. The van der Waals surface area contributed by atoms with E-state index < -0.39 is 17.3 Å². The molecular weight excluding hydrogens is 269 g/mol. The van der Waals surface area contributed by atoms with Crippen LogP contribution in [0, 0.1) is 0 Å². The van der Waals surface area contributed by atoms with Gasteiger partial charge < -0.3 is 4.74 Å². The zero-order chi connectivity index (χ0) is 14.8. The lowest BCUT2D eigenvalue weighted by atomic mass is 9.91. The van der Waals surface area contributed by atoms with E-state index in [2.05, 4.69) is 0 Å². The monoisotopic (exact) mass is 286 g/mol. The molecule has 110 valence electrons. The molecule has 2 nitrogen and oxygen atoms in total. The Balaban J connectivity index is 2.16. The van der Waals surface area contributed by atoms with Crippen molar-refractivity contribution < 1.29 is 22.7 Å². The van der Waals surface area contributed by atoms with Crippen molar-refractivity contribution in [2.24, 2.45) is 0 Å². The van der Waals surface area contributed by atoms with Crippen LogP contribution in [-0.2, 0) is 22.1 Å². The predicted molar refractivity (Wildman–Crippen MR) is 68.4 cm³/mol. The molecule has 0 aromatic heterocycles. The summed E-state index contributed by atoms with van der Waals surface area (Å²) in [5.74, 6) is -0.128. The first-order chi connectivity index (χ1) is 9.37. The van der Waals surface area contributed by atoms with Gasteiger partial charge in [0.05, 0.1) is 5.56 Å². The van der Waals surface area contributed by atoms with Crippen molar-refractivity contribution in [3.63, 3.8) is 0 Å². The third-order valence-electron chi connectivity index (χ3n) is 3.93. The predicted octanol–water partition coefficient (Wildman–Crippen LogP) is 3.78. The molecule has 0 amide bonds. The Labute approximate surface area is 115 Å². The van der Waals surface area contributed by atoms with Gasteiger partial charge in [0.15, 0.2) is 5.78 Å². The number of ketones is 1. The number of benzene rings is 1. The Morgan fingerprint density at radius 2 is 1.95 bits per heavy atom. The van der Waals surface area contributed by atoms with Gasteiger partial charge in [-0.25, -0.2) is 0 Å². The minimum atomic E-state index is -4.38. The van der Waals surface area contributed by atoms with Crippen LogP contribution < -0.4 is 0 Å². The van der Waals surface area contributed by atoms with Crippen molar-refractivity contribution >= 4 is 5.78 Å². The van der Waals surface area contributed by atoms with Crippen LogP contribution >= 0.6 is 0 Å². The minimum Gasteiger partial charge on any atom is -0.370 e. The summed E-state index contributed by atoms with van der Waals surface area (Å²) in [6, 6.07) is 4.93. The number of hydrogen-bond acceptors (Lipinski definition) is 2. The summed E-state index contributed by atoms with van der Waals surface area (Å²) in [5, 5.41) is 0. The molecule has 0 N–H and O–H groups in total. The Kier molecular flexibility index (Phi) is 4.18. The maximum absolute atomic E-state index is 12.6. The van der Waals surface area contributed by atoms with Gasteiger partial charge >= 0.3 is 6.18 Å². The molecule has 1 fully saturated rings. The lowest BCUT2D eigenvalue weighted by Gasteiger charge is -2.25. The van der Waals surface area contributed by atoms with Crippen molar-refractivity contribution in [2.45, 2.75) is 43.9 Å². The highest BCUT2D eigenvalue weighted by molar-refractivity contribution is 5.89. The maximum Gasteiger partial charge on any atom is 0.416 e. The second-order valence-electron chi connectivity index (χ2n) is 5.20. The van der Waals surface area contributed by atoms with Crippen molar-refractivity contribution in [2.75, 3.05) is 7.11 Å². The zero-order valence-corrected chi connectivity index (χ0v) is 11.3. The molecule has 0 heterocycles. The van der Waals surface area contributed by atoms with Crippen LogP contribution in [-0.4, -0.2) is 18.5 Å².